The van der Waals surface area contributed by atoms with Crippen LogP contribution in [0.15, 0.2) is 0 Å². The fraction of sp³-hybridized carbons (Fsp3) is 0.923. The van der Waals surface area contributed by atoms with Gasteiger partial charge in [0.15, 0.2) is 17.9 Å². The van der Waals surface area contributed by atoms with Crippen LogP contribution in [0.1, 0.15) is 45.4 Å². The summed E-state index contributed by atoms with van der Waals surface area (Å²) in [5, 5.41) is 0. The minimum absolute atomic E-state index is 0.114. The number of hydrogen-bond donors (Lipinski definition) is 0. The molecule has 1 unspecified atom stereocenters. The molecular weight excluding hydrogens is 220 g/mol. The molecule has 5 atom stereocenters. The maximum atomic E-state index is 11.5. The van der Waals surface area contributed by atoms with E-state index in [-0.39, 0.29) is 12.2 Å². The summed E-state index contributed by atoms with van der Waals surface area (Å²) in [6, 6.07) is 0. The molecule has 0 aromatic rings. The molecule has 4 heterocycles. The normalized spacial score (nSPS) is 56.8. The van der Waals surface area contributed by atoms with Gasteiger partial charge in [0.2, 0.25) is 0 Å². The van der Waals surface area contributed by atoms with Crippen molar-refractivity contribution in [1.82, 2.24) is 0 Å². The summed E-state index contributed by atoms with van der Waals surface area (Å²) in [5.74, 6) is 0.227. The molecule has 4 saturated heterocycles. The summed E-state index contributed by atoms with van der Waals surface area (Å²) in [5.41, 5.74) is 0. The third-order valence-corrected chi connectivity index (χ3v) is 4.73. The van der Waals surface area contributed by atoms with E-state index >= 15 is 0 Å². The van der Waals surface area contributed by atoms with Crippen LogP contribution in [-0.4, -0.2) is 23.6 Å². The lowest BCUT2D eigenvalue weighted by Crippen LogP contribution is -2.67. The zero-order chi connectivity index (χ0) is 11.7. The maximum absolute atomic E-state index is 11.5. The number of carbonyl (C=O) groups excluding carboxylic acids is 1. The molecule has 0 radical (unpaired) electrons. The van der Waals surface area contributed by atoms with Crippen LogP contribution in [0.5, 0.6) is 0 Å². The molecule has 17 heavy (non-hydrogen) atoms. The highest BCUT2D eigenvalue weighted by atomic mass is 16.9. The summed E-state index contributed by atoms with van der Waals surface area (Å²) in [6.07, 6.45) is 5.00. The highest BCUT2D eigenvalue weighted by molar-refractivity contribution is 5.80. The third kappa shape index (κ3) is 1.44. The molecule has 0 spiro atoms. The van der Waals surface area contributed by atoms with Gasteiger partial charge in [0.05, 0.1) is 0 Å². The van der Waals surface area contributed by atoms with E-state index in [0.717, 1.165) is 25.7 Å². The summed E-state index contributed by atoms with van der Waals surface area (Å²) >= 11 is 0. The third-order valence-electron chi connectivity index (χ3n) is 4.73. The van der Waals surface area contributed by atoms with E-state index in [1.165, 1.54) is 0 Å². The minimum Gasteiger partial charge on any atom is -0.321 e. The highest BCUT2D eigenvalue weighted by Crippen LogP contribution is 2.57. The van der Waals surface area contributed by atoms with Gasteiger partial charge in [0.25, 0.3) is 0 Å². The number of carbonyl (C=O) groups is 1. The van der Waals surface area contributed by atoms with Gasteiger partial charge in [-0.3, -0.25) is 4.79 Å². The van der Waals surface area contributed by atoms with E-state index in [1.54, 1.807) is 0 Å². The van der Waals surface area contributed by atoms with E-state index in [0.29, 0.717) is 24.5 Å². The van der Waals surface area contributed by atoms with E-state index in [1.807, 2.05) is 6.92 Å². The number of hydrogen-bond acceptors (Lipinski definition) is 4. The lowest BCUT2D eigenvalue weighted by molar-refractivity contribution is -0.523. The van der Waals surface area contributed by atoms with Crippen LogP contribution in [-0.2, 0) is 19.0 Å². The Morgan fingerprint density at radius 2 is 2.18 bits per heavy atom. The standard InChI is InChI=1S/C13H18O4/c1-12-6-8-4-11(15-12)16-13(7-8,17-12)9-2-3-10(14)5-9/h8-9,11H,2-7H2,1H3/t8-,9?,11+,12-,13-/m1/s1. The van der Waals surface area contributed by atoms with Crippen molar-refractivity contribution in [3.05, 3.63) is 0 Å². The fourth-order valence-electron chi connectivity index (χ4n) is 4.19. The van der Waals surface area contributed by atoms with Crippen molar-refractivity contribution in [3.8, 4) is 0 Å². The molecule has 5 rings (SSSR count). The minimum atomic E-state index is -0.523. The molecule has 0 N–H and O–H groups in total. The highest BCUT2D eigenvalue weighted by Gasteiger charge is 2.62. The van der Waals surface area contributed by atoms with Gasteiger partial charge >= 0.3 is 0 Å². The summed E-state index contributed by atoms with van der Waals surface area (Å²) in [4.78, 5) is 11.5. The Hall–Kier alpha value is -0.450. The largest absolute Gasteiger partial charge is 0.321 e. The fourth-order valence-corrected chi connectivity index (χ4v) is 4.19. The van der Waals surface area contributed by atoms with Crippen molar-refractivity contribution in [2.24, 2.45) is 11.8 Å². The summed E-state index contributed by atoms with van der Waals surface area (Å²) in [7, 11) is 0. The number of rotatable bonds is 1. The van der Waals surface area contributed by atoms with Crippen molar-refractivity contribution in [2.45, 2.75) is 63.3 Å². The second kappa shape index (κ2) is 3.11. The van der Waals surface area contributed by atoms with Crippen LogP contribution in [0.2, 0.25) is 0 Å². The summed E-state index contributed by atoms with van der Waals surface area (Å²) < 4.78 is 17.9. The molecular formula is C13H18O4. The zero-order valence-electron chi connectivity index (χ0n) is 10.1. The number of ether oxygens (including phenoxy) is 3. The quantitative estimate of drug-likeness (QED) is 0.700. The van der Waals surface area contributed by atoms with E-state index in [4.69, 9.17) is 14.2 Å². The Kier molecular flexibility index (Phi) is 1.91. The molecule has 4 bridgehead atoms. The Morgan fingerprint density at radius 1 is 1.29 bits per heavy atom. The van der Waals surface area contributed by atoms with Crippen LogP contribution in [0.4, 0.5) is 0 Å². The van der Waals surface area contributed by atoms with Crippen molar-refractivity contribution >= 4 is 5.78 Å². The maximum Gasteiger partial charge on any atom is 0.178 e. The first-order valence-electron chi connectivity index (χ1n) is 6.64. The van der Waals surface area contributed by atoms with Gasteiger partial charge in [-0.05, 0) is 19.3 Å². The lowest BCUT2D eigenvalue weighted by Gasteiger charge is -2.61. The Bertz CT molecular complexity index is 364. The Morgan fingerprint density at radius 3 is 2.82 bits per heavy atom. The first kappa shape index (κ1) is 10.5. The van der Waals surface area contributed by atoms with Gasteiger partial charge in [0, 0.05) is 38.0 Å². The average Bonchev–Trinajstić information content (AvgIpc) is 2.61. The van der Waals surface area contributed by atoms with Crippen LogP contribution >= 0.6 is 0 Å². The molecule has 5 aliphatic rings. The Balaban J connectivity index is 1.67. The number of Topliss-reactive ketones (excluding diaryl/α,β-unsaturated/α-hetero) is 1. The molecule has 4 nitrogen and oxygen atoms in total. The molecule has 0 aromatic heterocycles. The van der Waals surface area contributed by atoms with Gasteiger partial charge < -0.3 is 14.2 Å². The molecule has 0 aromatic carbocycles. The first-order valence-corrected chi connectivity index (χ1v) is 6.64. The molecule has 1 saturated carbocycles. The topological polar surface area (TPSA) is 44.8 Å². The van der Waals surface area contributed by atoms with Crippen molar-refractivity contribution in [2.75, 3.05) is 0 Å². The smallest absolute Gasteiger partial charge is 0.178 e. The molecule has 4 heteroatoms. The van der Waals surface area contributed by atoms with Crippen LogP contribution in [0.3, 0.4) is 0 Å². The lowest BCUT2D eigenvalue weighted by atomic mass is 9.76. The summed E-state index contributed by atoms with van der Waals surface area (Å²) in [6.45, 7) is 2.01. The van der Waals surface area contributed by atoms with E-state index in [2.05, 4.69) is 0 Å². The van der Waals surface area contributed by atoms with E-state index in [9.17, 15) is 4.79 Å². The van der Waals surface area contributed by atoms with Gasteiger partial charge in [-0.2, -0.15) is 0 Å². The monoisotopic (exact) mass is 238 g/mol. The Labute approximate surface area is 101 Å². The molecule has 0 amide bonds. The van der Waals surface area contributed by atoms with Crippen molar-refractivity contribution in [3.63, 3.8) is 0 Å². The first-order chi connectivity index (χ1) is 8.07. The van der Waals surface area contributed by atoms with Crippen molar-refractivity contribution < 1.29 is 19.0 Å². The second-order valence-corrected chi connectivity index (χ2v) is 6.20. The molecule has 5 fully saturated rings. The van der Waals surface area contributed by atoms with Crippen LogP contribution < -0.4 is 0 Å². The molecule has 94 valence electrons. The predicted molar refractivity (Wildman–Crippen MR) is 57.9 cm³/mol. The number of ketones is 1. The van der Waals surface area contributed by atoms with Crippen LogP contribution in [0, 0.1) is 11.8 Å². The predicted octanol–water partition coefficient (Wildman–Crippen LogP) is 1.97. The van der Waals surface area contributed by atoms with Gasteiger partial charge in [-0.1, -0.05) is 0 Å². The van der Waals surface area contributed by atoms with Crippen LogP contribution in [0.25, 0.3) is 0 Å². The van der Waals surface area contributed by atoms with Gasteiger partial charge in [-0.25, -0.2) is 0 Å². The average molecular weight is 238 g/mol. The van der Waals surface area contributed by atoms with Crippen molar-refractivity contribution in [1.29, 1.82) is 0 Å². The molecule has 1 aliphatic carbocycles. The SMILES string of the molecule is C[C@@]12C[C@H]3C[C@@H](O1)O[C@](C1CCC(=O)C1)(C3)O2. The zero-order valence-corrected chi connectivity index (χ0v) is 10.1. The second-order valence-electron chi connectivity index (χ2n) is 6.20. The molecule has 4 aliphatic heterocycles. The van der Waals surface area contributed by atoms with Gasteiger partial charge in [0.1, 0.15) is 5.78 Å². The van der Waals surface area contributed by atoms with E-state index < -0.39 is 11.6 Å². The van der Waals surface area contributed by atoms with Gasteiger partial charge in [-0.15, -0.1) is 0 Å².